The highest BCUT2D eigenvalue weighted by atomic mass is 16.1. The number of amides is 1. The molecule has 1 amide bonds. The summed E-state index contributed by atoms with van der Waals surface area (Å²) in [6.45, 7) is 3.51. The molecule has 0 aromatic heterocycles. The first-order valence-electron chi connectivity index (χ1n) is 5.74. The molecule has 0 bridgehead atoms. The predicted molar refractivity (Wildman–Crippen MR) is 56.8 cm³/mol. The van der Waals surface area contributed by atoms with E-state index in [0.717, 1.165) is 11.8 Å². The van der Waals surface area contributed by atoms with E-state index in [-0.39, 0.29) is 5.91 Å². The van der Waals surface area contributed by atoms with Gasteiger partial charge in [-0.05, 0) is 43.6 Å². The molecule has 0 saturated heterocycles. The van der Waals surface area contributed by atoms with E-state index in [9.17, 15) is 4.79 Å². The highest BCUT2D eigenvalue weighted by molar-refractivity contribution is 5.87. The molecule has 0 heterocycles. The van der Waals surface area contributed by atoms with Crippen molar-refractivity contribution in [3.63, 3.8) is 0 Å². The molecule has 2 aliphatic carbocycles. The van der Waals surface area contributed by atoms with E-state index >= 15 is 0 Å². The molecule has 2 saturated carbocycles. The number of carbonyl (C=O) groups is 1. The standard InChI is InChI=1S/C12H19NO/c1-2-11(14)13-12(9-5-3-6-9)10-7-4-8-10/h2,9-10,12H,1,3-8H2,(H,13,14). The summed E-state index contributed by atoms with van der Waals surface area (Å²) in [6.07, 6.45) is 9.30. The maximum atomic E-state index is 11.3. The monoisotopic (exact) mass is 193 g/mol. The third-order valence-electron chi connectivity index (χ3n) is 3.81. The average Bonchev–Trinajstić information content (AvgIpc) is 1.97. The van der Waals surface area contributed by atoms with E-state index in [4.69, 9.17) is 0 Å². The van der Waals surface area contributed by atoms with Crippen LogP contribution in [0.25, 0.3) is 0 Å². The maximum absolute atomic E-state index is 11.3. The predicted octanol–water partition coefficient (Wildman–Crippen LogP) is 2.26. The summed E-state index contributed by atoms with van der Waals surface area (Å²) in [7, 11) is 0. The molecule has 2 nitrogen and oxygen atoms in total. The summed E-state index contributed by atoms with van der Waals surface area (Å²) in [6, 6.07) is 0.447. The lowest BCUT2D eigenvalue weighted by atomic mass is 9.68. The van der Waals surface area contributed by atoms with Crippen molar-refractivity contribution in [1.29, 1.82) is 0 Å². The highest BCUT2D eigenvalue weighted by Gasteiger charge is 2.36. The van der Waals surface area contributed by atoms with Gasteiger partial charge in [-0.25, -0.2) is 0 Å². The second kappa shape index (κ2) is 4.16. The molecule has 0 radical (unpaired) electrons. The van der Waals surface area contributed by atoms with Crippen molar-refractivity contribution in [3.8, 4) is 0 Å². The Kier molecular flexibility index (Phi) is 2.90. The van der Waals surface area contributed by atoms with E-state index in [1.165, 1.54) is 44.6 Å². The van der Waals surface area contributed by atoms with Crippen LogP contribution in [0, 0.1) is 11.8 Å². The lowest BCUT2D eigenvalue weighted by molar-refractivity contribution is -0.118. The van der Waals surface area contributed by atoms with Crippen LogP contribution in [0.2, 0.25) is 0 Å². The zero-order chi connectivity index (χ0) is 9.97. The Morgan fingerprint density at radius 2 is 1.71 bits per heavy atom. The summed E-state index contributed by atoms with van der Waals surface area (Å²) in [5.41, 5.74) is 0. The summed E-state index contributed by atoms with van der Waals surface area (Å²) in [5.74, 6) is 1.52. The number of carbonyl (C=O) groups excluding carboxylic acids is 1. The van der Waals surface area contributed by atoms with Crippen molar-refractivity contribution < 1.29 is 4.79 Å². The van der Waals surface area contributed by atoms with Gasteiger partial charge in [-0.3, -0.25) is 4.79 Å². The second-order valence-corrected chi connectivity index (χ2v) is 4.62. The van der Waals surface area contributed by atoms with Gasteiger partial charge in [0.15, 0.2) is 0 Å². The van der Waals surface area contributed by atoms with Gasteiger partial charge in [-0.1, -0.05) is 19.4 Å². The van der Waals surface area contributed by atoms with Crippen LogP contribution in [0.15, 0.2) is 12.7 Å². The molecule has 14 heavy (non-hydrogen) atoms. The molecule has 2 rings (SSSR count). The summed E-state index contributed by atoms with van der Waals surface area (Å²) in [4.78, 5) is 11.3. The van der Waals surface area contributed by atoms with Gasteiger partial charge in [0.25, 0.3) is 0 Å². The molecule has 0 aliphatic heterocycles. The highest BCUT2D eigenvalue weighted by Crippen LogP contribution is 2.39. The molecular weight excluding hydrogens is 174 g/mol. The fourth-order valence-corrected chi connectivity index (χ4v) is 2.44. The Hall–Kier alpha value is -0.790. The van der Waals surface area contributed by atoms with Crippen molar-refractivity contribution in [2.75, 3.05) is 0 Å². The Morgan fingerprint density at radius 3 is 2.00 bits per heavy atom. The van der Waals surface area contributed by atoms with Crippen LogP contribution in [-0.2, 0) is 4.79 Å². The van der Waals surface area contributed by atoms with Gasteiger partial charge in [-0.15, -0.1) is 0 Å². The molecule has 0 spiro atoms. The van der Waals surface area contributed by atoms with Gasteiger partial charge in [0.05, 0.1) is 0 Å². The smallest absolute Gasteiger partial charge is 0.243 e. The Labute approximate surface area is 85.8 Å². The number of hydrogen-bond acceptors (Lipinski definition) is 1. The lowest BCUT2D eigenvalue weighted by Gasteiger charge is -2.42. The first-order valence-corrected chi connectivity index (χ1v) is 5.74. The Balaban J connectivity index is 1.90. The van der Waals surface area contributed by atoms with Gasteiger partial charge in [0.1, 0.15) is 0 Å². The van der Waals surface area contributed by atoms with E-state index in [0.29, 0.717) is 6.04 Å². The van der Waals surface area contributed by atoms with Gasteiger partial charge < -0.3 is 5.32 Å². The molecule has 0 aromatic rings. The number of rotatable bonds is 4. The minimum Gasteiger partial charge on any atom is -0.349 e. The number of hydrogen-bond donors (Lipinski definition) is 1. The fraction of sp³-hybridized carbons (Fsp3) is 0.750. The Morgan fingerprint density at radius 1 is 1.21 bits per heavy atom. The zero-order valence-electron chi connectivity index (χ0n) is 8.67. The van der Waals surface area contributed by atoms with Crippen molar-refractivity contribution in [3.05, 3.63) is 12.7 Å². The average molecular weight is 193 g/mol. The van der Waals surface area contributed by atoms with Gasteiger partial charge in [-0.2, -0.15) is 0 Å². The molecule has 0 atom stereocenters. The lowest BCUT2D eigenvalue weighted by Crippen LogP contribution is -2.49. The fourth-order valence-electron chi connectivity index (χ4n) is 2.44. The molecule has 78 valence electrons. The zero-order valence-corrected chi connectivity index (χ0v) is 8.67. The third-order valence-corrected chi connectivity index (χ3v) is 3.81. The van der Waals surface area contributed by atoms with Crippen LogP contribution in [-0.4, -0.2) is 11.9 Å². The van der Waals surface area contributed by atoms with Crippen LogP contribution in [0.5, 0.6) is 0 Å². The molecule has 2 fully saturated rings. The Bertz CT molecular complexity index is 214. The SMILES string of the molecule is C=CC(=O)NC(C1CCC1)C1CCC1. The second-order valence-electron chi connectivity index (χ2n) is 4.62. The van der Waals surface area contributed by atoms with Crippen LogP contribution in [0.3, 0.4) is 0 Å². The van der Waals surface area contributed by atoms with Crippen LogP contribution in [0.1, 0.15) is 38.5 Å². The molecule has 1 N–H and O–H groups in total. The first kappa shape index (κ1) is 9.75. The summed E-state index contributed by atoms with van der Waals surface area (Å²) in [5, 5.41) is 3.11. The van der Waals surface area contributed by atoms with Crippen LogP contribution >= 0.6 is 0 Å². The van der Waals surface area contributed by atoms with Crippen molar-refractivity contribution in [2.24, 2.45) is 11.8 Å². The van der Waals surface area contributed by atoms with E-state index in [2.05, 4.69) is 11.9 Å². The quantitative estimate of drug-likeness (QED) is 0.682. The largest absolute Gasteiger partial charge is 0.349 e. The molecule has 0 unspecified atom stereocenters. The van der Waals surface area contributed by atoms with Crippen molar-refractivity contribution in [1.82, 2.24) is 5.32 Å². The minimum atomic E-state index is 0.00815. The van der Waals surface area contributed by atoms with E-state index in [1.807, 2.05) is 0 Å². The normalized spacial score (nSPS) is 22.6. The first-order chi connectivity index (χ1) is 6.81. The van der Waals surface area contributed by atoms with E-state index in [1.54, 1.807) is 0 Å². The van der Waals surface area contributed by atoms with Crippen LogP contribution in [0.4, 0.5) is 0 Å². The molecule has 0 aromatic carbocycles. The van der Waals surface area contributed by atoms with Crippen molar-refractivity contribution >= 4 is 5.91 Å². The van der Waals surface area contributed by atoms with Gasteiger partial charge in [0, 0.05) is 6.04 Å². The topological polar surface area (TPSA) is 29.1 Å². The minimum absolute atomic E-state index is 0.00815. The third kappa shape index (κ3) is 1.84. The summed E-state index contributed by atoms with van der Waals surface area (Å²) >= 11 is 0. The van der Waals surface area contributed by atoms with Crippen molar-refractivity contribution in [2.45, 2.75) is 44.6 Å². The summed E-state index contributed by atoms with van der Waals surface area (Å²) < 4.78 is 0. The van der Waals surface area contributed by atoms with Gasteiger partial charge >= 0.3 is 0 Å². The van der Waals surface area contributed by atoms with Crippen LogP contribution < -0.4 is 5.32 Å². The maximum Gasteiger partial charge on any atom is 0.243 e. The van der Waals surface area contributed by atoms with E-state index < -0.39 is 0 Å². The number of nitrogens with one attached hydrogen (secondary N) is 1. The molecular formula is C12H19NO. The molecule has 2 heteroatoms. The molecule has 2 aliphatic rings. The van der Waals surface area contributed by atoms with Gasteiger partial charge in [0.2, 0.25) is 5.91 Å².